The van der Waals surface area contributed by atoms with E-state index in [0.29, 0.717) is 0 Å². The first-order chi connectivity index (χ1) is 6.60. The van der Waals surface area contributed by atoms with Gasteiger partial charge in [0.2, 0.25) is 0 Å². The Morgan fingerprint density at radius 3 is 2.43 bits per heavy atom. The van der Waals surface area contributed by atoms with E-state index in [1.807, 2.05) is 6.92 Å². The minimum atomic E-state index is -0.173. The van der Waals surface area contributed by atoms with E-state index < -0.39 is 0 Å². The first-order valence-corrected chi connectivity index (χ1v) is 5.43. The molecule has 14 heavy (non-hydrogen) atoms. The van der Waals surface area contributed by atoms with E-state index in [0.717, 1.165) is 25.7 Å². The molecule has 0 N–H and O–H groups in total. The van der Waals surface area contributed by atoms with Crippen molar-refractivity contribution in [3.63, 3.8) is 0 Å². The van der Waals surface area contributed by atoms with Gasteiger partial charge < -0.3 is 4.74 Å². The summed E-state index contributed by atoms with van der Waals surface area (Å²) in [6.07, 6.45) is 6.27. The average Bonchev–Trinajstić information content (AvgIpc) is 2.15. The second-order valence-corrected chi connectivity index (χ2v) is 3.62. The number of hydrogen-bond donors (Lipinski definition) is 0. The number of ether oxygens (including phenoxy) is 1. The van der Waals surface area contributed by atoms with Gasteiger partial charge >= 0.3 is 5.97 Å². The van der Waals surface area contributed by atoms with Crippen molar-refractivity contribution in [2.24, 2.45) is 0 Å². The molecular formula is C12H22O2. The number of carbonyl (C=O) groups is 1. The van der Waals surface area contributed by atoms with Gasteiger partial charge in [0.15, 0.2) is 0 Å². The van der Waals surface area contributed by atoms with E-state index in [1.165, 1.54) is 12.5 Å². The van der Waals surface area contributed by atoms with E-state index >= 15 is 0 Å². The lowest BCUT2D eigenvalue weighted by atomic mass is 10.1. The third-order valence-corrected chi connectivity index (χ3v) is 2.33. The zero-order chi connectivity index (χ0) is 11.0. The Hall–Kier alpha value is -0.790. The molecule has 0 aromatic carbocycles. The van der Waals surface area contributed by atoms with Crippen LogP contribution in [0.25, 0.3) is 0 Å². The maximum Gasteiger partial charge on any atom is 0.302 e. The molecule has 0 radical (unpaired) electrons. The van der Waals surface area contributed by atoms with E-state index in [2.05, 4.69) is 19.9 Å². The third kappa shape index (κ3) is 6.70. The predicted molar refractivity (Wildman–Crippen MR) is 59.1 cm³/mol. The van der Waals surface area contributed by atoms with Gasteiger partial charge in [-0.1, -0.05) is 25.5 Å². The summed E-state index contributed by atoms with van der Waals surface area (Å²) in [5.74, 6) is -0.173. The van der Waals surface area contributed by atoms with Crippen molar-refractivity contribution in [3.8, 4) is 0 Å². The second-order valence-electron chi connectivity index (χ2n) is 3.62. The fraction of sp³-hybridized carbons (Fsp3) is 0.750. The lowest BCUT2D eigenvalue weighted by molar-refractivity contribution is -0.146. The predicted octanol–water partition coefficient (Wildman–Crippen LogP) is 3.46. The van der Waals surface area contributed by atoms with Gasteiger partial charge in [0.05, 0.1) is 0 Å². The first kappa shape index (κ1) is 13.2. The Morgan fingerprint density at radius 1 is 1.36 bits per heavy atom. The Labute approximate surface area is 87.3 Å². The van der Waals surface area contributed by atoms with Crippen molar-refractivity contribution < 1.29 is 9.53 Å². The molecule has 0 spiro atoms. The lowest BCUT2D eigenvalue weighted by Crippen LogP contribution is -2.14. The van der Waals surface area contributed by atoms with E-state index in [9.17, 15) is 4.79 Å². The van der Waals surface area contributed by atoms with Crippen LogP contribution in [-0.4, -0.2) is 12.1 Å². The second kappa shape index (κ2) is 7.60. The van der Waals surface area contributed by atoms with Crippen molar-refractivity contribution in [2.75, 3.05) is 0 Å². The lowest BCUT2D eigenvalue weighted by Gasteiger charge is -2.13. The quantitative estimate of drug-likeness (QED) is 0.482. The largest absolute Gasteiger partial charge is 0.463 e. The average molecular weight is 198 g/mol. The van der Waals surface area contributed by atoms with Gasteiger partial charge in [-0.2, -0.15) is 0 Å². The molecule has 0 aliphatic rings. The van der Waals surface area contributed by atoms with Crippen LogP contribution >= 0.6 is 0 Å². The van der Waals surface area contributed by atoms with Crippen LogP contribution in [0.4, 0.5) is 0 Å². The number of carbonyl (C=O) groups excluding carboxylic acids is 1. The molecular weight excluding hydrogens is 176 g/mol. The molecule has 0 aromatic rings. The van der Waals surface area contributed by atoms with Gasteiger partial charge in [-0.3, -0.25) is 4.79 Å². The molecule has 82 valence electrons. The van der Waals surface area contributed by atoms with E-state index in [4.69, 9.17) is 4.74 Å². The van der Waals surface area contributed by atoms with Crippen molar-refractivity contribution >= 4 is 5.97 Å². The molecule has 0 aliphatic heterocycles. The number of rotatable bonds is 6. The summed E-state index contributed by atoms with van der Waals surface area (Å²) >= 11 is 0. The third-order valence-electron chi connectivity index (χ3n) is 2.33. The zero-order valence-corrected chi connectivity index (χ0v) is 9.80. The van der Waals surface area contributed by atoms with E-state index in [1.54, 1.807) is 0 Å². The molecule has 0 unspecified atom stereocenters. The normalized spacial score (nSPS) is 13.9. The summed E-state index contributed by atoms with van der Waals surface area (Å²) in [6.45, 7) is 7.79. The Morgan fingerprint density at radius 2 is 2.00 bits per heavy atom. The van der Waals surface area contributed by atoms with Crippen molar-refractivity contribution in [2.45, 2.75) is 59.5 Å². The Bertz CT molecular complexity index is 194. The van der Waals surface area contributed by atoms with Gasteiger partial charge in [0, 0.05) is 6.92 Å². The molecule has 0 amide bonds. The highest BCUT2D eigenvalue weighted by Crippen LogP contribution is 2.10. The summed E-state index contributed by atoms with van der Waals surface area (Å²) in [4.78, 5) is 10.7. The van der Waals surface area contributed by atoms with Crippen molar-refractivity contribution in [1.29, 1.82) is 0 Å². The highest BCUT2D eigenvalue weighted by atomic mass is 16.5. The summed E-state index contributed by atoms with van der Waals surface area (Å²) < 4.78 is 5.15. The first-order valence-electron chi connectivity index (χ1n) is 5.43. The van der Waals surface area contributed by atoms with Gasteiger partial charge in [-0.05, 0) is 32.6 Å². The van der Waals surface area contributed by atoms with Crippen LogP contribution in [0.1, 0.15) is 53.4 Å². The summed E-state index contributed by atoms with van der Waals surface area (Å²) in [7, 11) is 0. The van der Waals surface area contributed by atoms with Crippen molar-refractivity contribution in [1.82, 2.24) is 0 Å². The van der Waals surface area contributed by atoms with Crippen LogP contribution in [0, 0.1) is 0 Å². The van der Waals surface area contributed by atoms with Crippen molar-refractivity contribution in [3.05, 3.63) is 11.6 Å². The molecule has 0 heterocycles. The summed E-state index contributed by atoms with van der Waals surface area (Å²) in [6, 6.07) is 0. The van der Waals surface area contributed by atoms with Gasteiger partial charge in [-0.25, -0.2) is 0 Å². The number of esters is 1. The molecule has 2 heteroatoms. The van der Waals surface area contributed by atoms with E-state index in [-0.39, 0.29) is 12.1 Å². The van der Waals surface area contributed by atoms with Crippen LogP contribution in [0.3, 0.4) is 0 Å². The molecule has 0 aliphatic carbocycles. The highest BCUT2D eigenvalue weighted by molar-refractivity contribution is 5.66. The molecule has 1 atom stereocenters. The SMILES string of the molecule is CC/C(C)=C/CC[C@H](CC)OC(C)=O. The number of hydrogen-bond acceptors (Lipinski definition) is 2. The zero-order valence-electron chi connectivity index (χ0n) is 9.80. The minimum Gasteiger partial charge on any atom is -0.463 e. The standard InChI is InChI=1S/C12H22O2/c1-5-10(3)8-7-9-12(6-2)14-11(4)13/h8,12H,5-7,9H2,1-4H3/b10-8+/t12-/m0/s1. The summed E-state index contributed by atoms with van der Waals surface area (Å²) in [5.41, 5.74) is 1.41. The maximum atomic E-state index is 10.7. The van der Waals surface area contributed by atoms with Crippen LogP contribution in [0.15, 0.2) is 11.6 Å². The van der Waals surface area contributed by atoms with Gasteiger partial charge in [0.25, 0.3) is 0 Å². The number of allylic oxidation sites excluding steroid dienone is 2. The molecule has 0 saturated heterocycles. The van der Waals surface area contributed by atoms with Crippen LogP contribution in [0.2, 0.25) is 0 Å². The smallest absolute Gasteiger partial charge is 0.302 e. The summed E-state index contributed by atoms with van der Waals surface area (Å²) in [5, 5.41) is 0. The molecule has 0 bridgehead atoms. The fourth-order valence-electron chi connectivity index (χ4n) is 1.24. The minimum absolute atomic E-state index is 0.0911. The highest BCUT2D eigenvalue weighted by Gasteiger charge is 2.07. The van der Waals surface area contributed by atoms with Crippen LogP contribution < -0.4 is 0 Å². The maximum absolute atomic E-state index is 10.7. The molecule has 0 fully saturated rings. The van der Waals surface area contributed by atoms with Gasteiger partial charge in [-0.15, -0.1) is 0 Å². The topological polar surface area (TPSA) is 26.3 Å². The molecule has 0 aromatic heterocycles. The Balaban J connectivity index is 3.78. The fourth-order valence-corrected chi connectivity index (χ4v) is 1.24. The Kier molecular flexibility index (Phi) is 7.17. The molecule has 0 rings (SSSR count). The molecule has 0 saturated carbocycles. The van der Waals surface area contributed by atoms with Crippen LogP contribution in [-0.2, 0) is 9.53 Å². The van der Waals surface area contributed by atoms with Gasteiger partial charge in [0.1, 0.15) is 6.10 Å². The molecule has 2 nitrogen and oxygen atoms in total. The monoisotopic (exact) mass is 198 g/mol. The van der Waals surface area contributed by atoms with Crippen LogP contribution in [0.5, 0.6) is 0 Å².